The van der Waals surface area contributed by atoms with Crippen LogP contribution in [-0.4, -0.2) is 67.4 Å². The summed E-state index contributed by atoms with van der Waals surface area (Å²) in [7, 11) is 1.69. The van der Waals surface area contributed by atoms with E-state index in [1.807, 2.05) is 4.90 Å². The van der Waals surface area contributed by atoms with Gasteiger partial charge < -0.3 is 25.5 Å². The van der Waals surface area contributed by atoms with Gasteiger partial charge in [0.25, 0.3) is 5.91 Å². The molecule has 0 bridgehead atoms. The van der Waals surface area contributed by atoms with E-state index in [2.05, 4.69) is 25.4 Å². The van der Waals surface area contributed by atoms with Crippen LogP contribution in [-0.2, 0) is 16.9 Å². The van der Waals surface area contributed by atoms with Crippen molar-refractivity contribution >= 4 is 29.5 Å². The summed E-state index contributed by atoms with van der Waals surface area (Å²) >= 11 is 0. The maximum Gasteiger partial charge on any atom is 0.254 e. The molecule has 0 aliphatic carbocycles. The number of pyridine rings is 1. The van der Waals surface area contributed by atoms with Gasteiger partial charge in [0, 0.05) is 69.3 Å². The molecular formula is C22H26FN9O2. The lowest BCUT2D eigenvalue weighted by atomic mass is 9.84. The number of nitrogens with two attached hydrogens (primary N) is 1. The van der Waals surface area contributed by atoms with E-state index >= 15 is 0 Å². The highest BCUT2D eigenvalue weighted by atomic mass is 19.1. The third kappa shape index (κ3) is 4.95. The van der Waals surface area contributed by atoms with Crippen molar-refractivity contribution in [2.24, 2.45) is 10.7 Å². The first-order valence-electron chi connectivity index (χ1n) is 10.8. The van der Waals surface area contributed by atoms with Gasteiger partial charge in [-0.05, 0) is 18.9 Å². The maximum absolute atomic E-state index is 13.5. The number of nitrogens with zero attached hydrogens (tertiary/aromatic N) is 7. The summed E-state index contributed by atoms with van der Waals surface area (Å²) in [6.07, 6.45) is 11.5. The lowest BCUT2D eigenvalue weighted by Gasteiger charge is -2.41. The minimum Gasteiger partial charge on any atom is -0.365 e. The summed E-state index contributed by atoms with van der Waals surface area (Å²) in [4.78, 5) is 38.3. The van der Waals surface area contributed by atoms with Crippen molar-refractivity contribution in [2.75, 3.05) is 25.5 Å². The third-order valence-electron chi connectivity index (χ3n) is 6.03. The number of hydrogen-bond donors (Lipinski definition) is 2. The molecule has 4 heterocycles. The summed E-state index contributed by atoms with van der Waals surface area (Å²) in [5.41, 5.74) is 5.68. The van der Waals surface area contributed by atoms with Crippen LogP contribution >= 0.6 is 0 Å². The largest absolute Gasteiger partial charge is 0.365 e. The molecule has 11 nitrogen and oxygen atoms in total. The number of carbonyl (C=O) groups is 2. The highest BCUT2D eigenvalue weighted by Gasteiger charge is 2.38. The number of amides is 2. The van der Waals surface area contributed by atoms with Gasteiger partial charge in [0.15, 0.2) is 5.82 Å². The molecule has 1 aliphatic rings. The smallest absolute Gasteiger partial charge is 0.254 e. The van der Waals surface area contributed by atoms with Crippen LogP contribution in [0, 0.1) is 5.95 Å². The lowest BCUT2D eigenvalue weighted by molar-refractivity contribution is -0.134. The molecule has 1 fully saturated rings. The second-order valence-corrected chi connectivity index (χ2v) is 8.18. The predicted octanol–water partition coefficient (Wildman–Crippen LogP) is 1.56. The van der Waals surface area contributed by atoms with Crippen LogP contribution in [0.4, 0.5) is 15.9 Å². The average molecular weight is 468 g/mol. The zero-order valence-electron chi connectivity index (χ0n) is 18.8. The molecule has 0 saturated carbocycles. The van der Waals surface area contributed by atoms with E-state index in [1.54, 1.807) is 53.5 Å². The summed E-state index contributed by atoms with van der Waals surface area (Å²) < 4.78 is 17.0. The monoisotopic (exact) mass is 467 g/mol. The van der Waals surface area contributed by atoms with Crippen molar-refractivity contribution in [3.63, 3.8) is 0 Å². The minimum atomic E-state index is -0.659. The zero-order valence-corrected chi connectivity index (χ0v) is 18.8. The van der Waals surface area contributed by atoms with Crippen LogP contribution in [0.1, 0.15) is 29.6 Å². The van der Waals surface area contributed by atoms with Gasteiger partial charge >= 0.3 is 0 Å². The van der Waals surface area contributed by atoms with Gasteiger partial charge in [-0.1, -0.05) is 0 Å². The van der Waals surface area contributed by atoms with Crippen LogP contribution in [0.3, 0.4) is 0 Å². The molecule has 3 aromatic heterocycles. The Labute approximate surface area is 195 Å². The number of primary amides is 1. The first kappa shape index (κ1) is 23.1. The molecular weight excluding hydrogens is 441 g/mol. The molecule has 0 spiro atoms. The topological polar surface area (TPSA) is 136 Å². The van der Waals surface area contributed by atoms with Gasteiger partial charge in [-0.25, -0.2) is 9.97 Å². The predicted molar refractivity (Wildman–Crippen MR) is 123 cm³/mol. The number of nitrogens with one attached hydrogen (secondary N) is 1. The van der Waals surface area contributed by atoms with Crippen molar-refractivity contribution in [1.82, 2.24) is 29.2 Å². The Bertz CT molecular complexity index is 1180. The Balaban J connectivity index is 1.57. The molecule has 3 aromatic rings. The molecule has 0 unspecified atom stereocenters. The molecule has 1 aliphatic heterocycles. The van der Waals surface area contributed by atoms with Gasteiger partial charge in [-0.15, -0.1) is 0 Å². The number of aliphatic imine (C=N–C) groups is 1. The van der Waals surface area contributed by atoms with Crippen molar-refractivity contribution in [2.45, 2.75) is 31.3 Å². The van der Waals surface area contributed by atoms with Crippen LogP contribution in [0.15, 0.2) is 48.2 Å². The molecule has 0 atom stereocenters. The van der Waals surface area contributed by atoms with Crippen LogP contribution in [0.25, 0.3) is 0 Å². The molecule has 3 N–H and O–H groups in total. The standard InChI is InChI=1S/C22H26FN9O2/c1-25-7-3-22(4-9-31(10-5-22)19(33)14-30-11-8-26-15-30)32-13-17(20(24)34)21(29-32)28-16-2-6-27-18(23)12-16/h2,6-8,11-13,15H,3-5,9-10,14H2,1H3,(H2,24,34)(H,27,28,29). The van der Waals surface area contributed by atoms with E-state index in [0.29, 0.717) is 38.0 Å². The van der Waals surface area contributed by atoms with Gasteiger partial charge in [-0.3, -0.25) is 14.3 Å². The number of carbonyl (C=O) groups excluding carboxylic acids is 2. The molecule has 2 amide bonds. The van der Waals surface area contributed by atoms with E-state index in [1.165, 1.54) is 12.3 Å². The summed E-state index contributed by atoms with van der Waals surface area (Å²) in [5, 5.41) is 7.58. The van der Waals surface area contributed by atoms with Gasteiger partial charge in [-0.2, -0.15) is 9.49 Å². The van der Waals surface area contributed by atoms with E-state index in [9.17, 15) is 14.0 Å². The Kier molecular flexibility index (Phi) is 6.66. The lowest BCUT2D eigenvalue weighted by Crippen LogP contribution is -2.49. The number of piperidine rings is 1. The van der Waals surface area contributed by atoms with E-state index < -0.39 is 17.4 Å². The Morgan fingerprint density at radius 3 is 2.76 bits per heavy atom. The number of halogens is 1. The van der Waals surface area contributed by atoms with Crippen molar-refractivity contribution < 1.29 is 14.0 Å². The van der Waals surface area contributed by atoms with Crippen molar-refractivity contribution in [1.29, 1.82) is 0 Å². The number of likely N-dealkylation sites (tertiary alicyclic amines) is 1. The molecule has 0 aromatic carbocycles. The number of hydrogen-bond acceptors (Lipinski definition) is 7. The number of anilines is 2. The van der Waals surface area contributed by atoms with Gasteiger partial charge in [0.2, 0.25) is 11.9 Å². The van der Waals surface area contributed by atoms with E-state index in [0.717, 1.165) is 0 Å². The van der Waals surface area contributed by atoms with Crippen LogP contribution < -0.4 is 11.1 Å². The van der Waals surface area contributed by atoms with Crippen molar-refractivity contribution in [3.05, 3.63) is 54.8 Å². The second-order valence-electron chi connectivity index (χ2n) is 8.18. The highest BCUT2D eigenvalue weighted by molar-refractivity contribution is 5.98. The number of rotatable bonds is 8. The fourth-order valence-corrected chi connectivity index (χ4v) is 4.10. The summed E-state index contributed by atoms with van der Waals surface area (Å²) in [6, 6.07) is 2.77. The second kappa shape index (κ2) is 9.81. The molecule has 34 heavy (non-hydrogen) atoms. The Morgan fingerprint density at radius 2 is 2.12 bits per heavy atom. The fourth-order valence-electron chi connectivity index (χ4n) is 4.10. The number of aromatic nitrogens is 5. The third-order valence-corrected chi connectivity index (χ3v) is 6.03. The molecule has 0 radical (unpaired) electrons. The maximum atomic E-state index is 13.5. The summed E-state index contributed by atoms with van der Waals surface area (Å²) in [5.74, 6) is -1.08. The minimum absolute atomic E-state index is 0.0103. The highest BCUT2D eigenvalue weighted by Crippen LogP contribution is 2.35. The van der Waals surface area contributed by atoms with E-state index in [4.69, 9.17) is 5.73 Å². The SMILES string of the molecule is CN=CCC1(n2cc(C(N)=O)c(Nc3ccnc(F)c3)n2)CCN(C(=O)Cn2ccnc2)CC1. The van der Waals surface area contributed by atoms with Crippen LogP contribution in [0.2, 0.25) is 0 Å². The zero-order chi connectivity index (χ0) is 24.1. The molecule has 178 valence electrons. The van der Waals surface area contributed by atoms with Gasteiger partial charge in [0.1, 0.15) is 12.1 Å². The average Bonchev–Trinajstić information content (AvgIpc) is 3.48. The Morgan fingerprint density at radius 1 is 1.32 bits per heavy atom. The first-order chi connectivity index (χ1) is 16.4. The van der Waals surface area contributed by atoms with E-state index in [-0.39, 0.29) is 23.8 Å². The van der Waals surface area contributed by atoms with Crippen molar-refractivity contribution in [3.8, 4) is 0 Å². The molecule has 1 saturated heterocycles. The Hall–Kier alpha value is -4.09. The van der Waals surface area contributed by atoms with Gasteiger partial charge in [0.05, 0.1) is 11.9 Å². The van der Waals surface area contributed by atoms with Crippen LogP contribution in [0.5, 0.6) is 0 Å². The summed E-state index contributed by atoms with van der Waals surface area (Å²) in [6.45, 7) is 1.28. The quantitative estimate of drug-likeness (QED) is 0.381. The fraction of sp³-hybridized carbons (Fsp3) is 0.364. The molecule has 4 rings (SSSR count). The number of imidazole rings is 1. The normalized spacial score (nSPS) is 15.5. The first-order valence-corrected chi connectivity index (χ1v) is 10.8. The molecule has 12 heteroatoms.